The topological polar surface area (TPSA) is 154 Å². The molecule has 3 amide bonds. The van der Waals surface area contributed by atoms with Crippen molar-refractivity contribution in [3.63, 3.8) is 0 Å². The van der Waals surface area contributed by atoms with E-state index in [1.807, 2.05) is 20.8 Å². The number of carbonyl (C=O) groups is 3. The van der Waals surface area contributed by atoms with Crippen LogP contribution in [-0.4, -0.2) is 39.6 Å². The number of nitrogens with zero attached hydrogens (tertiary/aromatic N) is 2. The van der Waals surface area contributed by atoms with Crippen molar-refractivity contribution in [1.82, 2.24) is 14.6 Å². The molecule has 2 aromatic heterocycles. The van der Waals surface area contributed by atoms with Crippen LogP contribution in [0.3, 0.4) is 0 Å². The van der Waals surface area contributed by atoms with E-state index >= 15 is 0 Å². The Balaban J connectivity index is 2.17. The van der Waals surface area contributed by atoms with Crippen LogP contribution >= 0.6 is 11.5 Å². The third-order valence-corrected chi connectivity index (χ3v) is 6.74. The molecule has 1 aromatic carbocycles. The number of nitrogens with two attached hydrogens (primary N) is 2. The fourth-order valence-corrected chi connectivity index (χ4v) is 4.33. The highest BCUT2D eigenvalue weighted by Gasteiger charge is 2.38. The first-order chi connectivity index (χ1) is 17.0. The maximum absolute atomic E-state index is 14.0. The van der Waals surface area contributed by atoms with Gasteiger partial charge in [-0.05, 0) is 56.9 Å². The van der Waals surface area contributed by atoms with E-state index in [4.69, 9.17) is 20.6 Å². The Labute approximate surface area is 213 Å². The van der Waals surface area contributed by atoms with Gasteiger partial charge in [-0.15, -0.1) is 0 Å². The van der Waals surface area contributed by atoms with Crippen LogP contribution in [0.1, 0.15) is 70.5 Å². The minimum atomic E-state index is -1.15. The molecule has 36 heavy (non-hydrogen) atoms. The largest absolute Gasteiger partial charge is 0.496 e. The van der Waals surface area contributed by atoms with Gasteiger partial charge in [-0.3, -0.25) is 14.4 Å². The number of aromatic nitrogens is 1. The van der Waals surface area contributed by atoms with E-state index in [9.17, 15) is 14.4 Å². The first-order valence-corrected chi connectivity index (χ1v) is 12.1. The fraction of sp³-hybridized carbons (Fsp3) is 0.360. The molecule has 1 atom stereocenters. The predicted octanol–water partition coefficient (Wildman–Crippen LogP) is 3.42. The molecule has 0 fully saturated rings. The molecular formula is C25H31N5O5S. The standard InChI is InChI=1S/C25H31N5O5S/c1-6-25(3,4)28-23(32)20(17-12-11-14(2)35-17)30(13-15-9-7-8-10-16(15)34-5)24(33)21-18(26)19(22(27)31)29-36-21/h7-12,20H,6,13,26H2,1-5H3,(H2,27,31)(H,28,32)/t20-/m0/s1. The van der Waals surface area contributed by atoms with Gasteiger partial charge in [0.1, 0.15) is 22.1 Å². The summed E-state index contributed by atoms with van der Waals surface area (Å²) in [6.07, 6.45) is 0.660. The van der Waals surface area contributed by atoms with E-state index in [1.165, 1.54) is 12.0 Å². The van der Waals surface area contributed by atoms with Crippen molar-refractivity contribution in [3.8, 4) is 5.75 Å². The minimum Gasteiger partial charge on any atom is -0.496 e. The summed E-state index contributed by atoms with van der Waals surface area (Å²) >= 11 is 0.748. The third kappa shape index (κ3) is 5.68. The monoisotopic (exact) mass is 513 g/mol. The van der Waals surface area contributed by atoms with Crippen LogP contribution in [0.25, 0.3) is 0 Å². The number of para-hydroxylation sites is 1. The molecule has 2 heterocycles. The summed E-state index contributed by atoms with van der Waals surface area (Å²) in [5.41, 5.74) is 11.2. The lowest BCUT2D eigenvalue weighted by molar-refractivity contribution is -0.128. The van der Waals surface area contributed by atoms with Gasteiger partial charge in [0.05, 0.1) is 19.3 Å². The first kappa shape index (κ1) is 26.7. The van der Waals surface area contributed by atoms with Gasteiger partial charge in [-0.2, -0.15) is 4.37 Å². The Morgan fingerprint density at radius 1 is 1.22 bits per heavy atom. The Morgan fingerprint density at radius 2 is 1.92 bits per heavy atom. The SMILES string of the molecule is CCC(C)(C)NC(=O)[C@H](c1ccc(C)o1)N(Cc1ccccc1OC)C(=O)c1snc(C(N)=O)c1N. The van der Waals surface area contributed by atoms with Crippen LogP contribution in [0.2, 0.25) is 0 Å². The average Bonchev–Trinajstić information content (AvgIpc) is 3.43. The summed E-state index contributed by atoms with van der Waals surface area (Å²) in [4.78, 5) is 40.8. The number of nitrogens with one attached hydrogen (secondary N) is 1. The molecule has 0 aliphatic carbocycles. The minimum absolute atomic E-state index is 0.00507. The van der Waals surface area contributed by atoms with Gasteiger partial charge in [0.25, 0.3) is 17.7 Å². The van der Waals surface area contributed by atoms with Gasteiger partial charge in [0.15, 0.2) is 11.7 Å². The molecule has 5 N–H and O–H groups in total. The smallest absolute Gasteiger partial charge is 0.270 e. The van der Waals surface area contributed by atoms with E-state index in [1.54, 1.807) is 43.3 Å². The number of primary amides is 1. The zero-order valence-corrected chi connectivity index (χ0v) is 21.8. The number of nitrogen functional groups attached to an aromatic ring is 1. The van der Waals surface area contributed by atoms with Crippen LogP contribution in [0, 0.1) is 6.92 Å². The third-order valence-electron chi connectivity index (χ3n) is 5.89. The quantitative estimate of drug-likeness (QED) is 0.375. The Bertz CT molecular complexity index is 1270. The Hall–Kier alpha value is -3.86. The van der Waals surface area contributed by atoms with Crippen molar-refractivity contribution in [2.45, 2.75) is 52.2 Å². The van der Waals surface area contributed by atoms with Crippen LogP contribution in [0.4, 0.5) is 5.69 Å². The van der Waals surface area contributed by atoms with E-state index in [0.717, 1.165) is 11.5 Å². The molecule has 0 aliphatic heterocycles. The second-order valence-corrected chi connectivity index (χ2v) is 9.73. The summed E-state index contributed by atoms with van der Waals surface area (Å²) in [5, 5.41) is 3.01. The number of amides is 3. The van der Waals surface area contributed by atoms with E-state index < -0.39 is 29.3 Å². The summed E-state index contributed by atoms with van der Waals surface area (Å²) in [6, 6.07) is 9.39. The van der Waals surface area contributed by atoms with Crippen molar-refractivity contribution in [1.29, 1.82) is 0 Å². The second-order valence-electron chi connectivity index (χ2n) is 8.96. The molecule has 3 aromatic rings. The van der Waals surface area contributed by atoms with Crippen molar-refractivity contribution in [2.75, 3.05) is 12.8 Å². The molecule has 3 rings (SSSR count). The number of methoxy groups -OCH3 is 1. The number of ether oxygens (including phenoxy) is 1. The molecule has 11 heteroatoms. The number of benzene rings is 1. The van der Waals surface area contributed by atoms with Crippen molar-refractivity contribution < 1.29 is 23.5 Å². The number of rotatable bonds is 10. The molecule has 192 valence electrons. The summed E-state index contributed by atoms with van der Waals surface area (Å²) in [5.74, 6) is -0.493. The highest BCUT2D eigenvalue weighted by molar-refractivity contribution is 7.09. The molecule has 0 saturated carbocycles. The normalized spacial score (nSPS) is 12.1. The molecule has 0 bridgehead atoms. The maximum atomic E-state index is 14.0. The number of carbonyl (C=O) groups excluding carboxylic acids is 3. The van der Waals surface area contributed by atoms with Crippen LogP contribution in [0.5, 0.6) is 5.75 Å². The zero-order chi connectivity index (χ0) is 26.6. The lowest BCUT2D eigenvalue weighted by atomic mass is 10.0. The molecule has 0 aliphatic rings. The van der Waals surface area contributed by atoms with Crippen LogP contribution in [0.15, 0.2) is 40.8 Å². The van der Waals surface area contributed by atoms with Gasteiger partial charge in [-0.1, -0.05) is 25.1 Å². The number of hydrogen-bond acceptors (Lipinski definition) is 8. The summed E-state index contributed by atoms with van der Waals surface area (Å²) < 4.78 is 15.3. The van der Waals surface area contributed by atoms with E-state index in [2.05, 4.69) is 9.69 Å². The number of anilines is 1. The van der Waals surface area contributed by atoms with Crippen LogP contribution in [-0.2, 0) is 11.3 Å². The molecular weight excluding hydrogens is 482 g/mol. The van der Waals surface area contributed by atoms with Gasteiger partial charge in [0.2, 0.25) is 0 Å². The van der Waals surface area contributed by atoms with E-state index in [0.29, 0.717) is 23.5 Å². The van der Waals surface area contributed by atoms with Gasteiger partial charge in [0, 0.05) is 11.1 Å². The average molecular weight is 514 g/mol. The summed E-state index contributed by atoms with van der Waals surface area (Å²) in [6.45, 7) is 7.47. The van der Waals surface area contributed by atoms with Crippen LogP contribution < -0.4 is 21.5 Å². The Morgan fingerprint density at radius 3 is 2.47 bits per heavy atom. The lowest BCUT2D eigenvalue weighted by Crippen LogP contribution is -2.50. The lowest BCUT2D eigenvalue weighted by Gasteiger charge is -2.33. The van der Waals surface area contributed by atoms with Crippen molar-refractivity contribution in [3.05, 3.63) is 64.1 Å². The molecule has 0 saturated heterocycles. The highest BCUT2D eigenvalue weighted by Crippen LogP contribution is 2.33. The summed E-state index contributed by atoms with van der Waals surface area (Å²) in [7, 11) is 1.52. The molecule has 0 unspecified atom stereocenters. The van der Waals surface area contributed by atoms with Gasteiger partial charge >= 0.3 is 0 Å². The van der Waals surface area contributed by atoms with Crippen molar-refractivity contribution >= 4 is 34.9 Å². The Kier molecular flexibility index (Phi) is 8.03. The second kappa shape index (κ2) is 10.8. The van der Waals surface area contributed by atoms with Gasteiger partial charge in [-0.25, -0.2) is 0 Å². The van der Waals surface area contributed by atoms with Crippen molar-refractivity contribution in [2.24, 2.45) is 5.73 Å². The first-order valence-electron chi connectivity index (χ1n) is 11.3. The number of hydrogen-bond donors (Lipinski definition) is 3. The number of furan rings is 1. The fourth-order valence-electron chi connectivity index (χ4n) is 3.57. The number of aryl methyl sites for hydroxylation is 1. The predicted molar refractivity (Wildman–Crippen MR) is 137 cm³/mol. The van der Waals surface area contributed by atoms with Gasteiger partial charge < -0.3 is 30.8 Å². The maximum Gasteiger partial charge on any atom is 0.270 e. The molecule has 10 nitrogen and oxygen atoms in total. The molecule has 0 radical (unpaired) electrons. The highest BCUT2D eigenvalue weighted by atomic mass is 32.1. The molecule has 0 spiro atoms. The zero-order valence-electron chi connectivity index (χ0n) is 21.0. The van der Waals surface area contributed by atoms with E-state index in [-0.39, 0.29) is 28.6 Å².